The monoisotopic (exact) mass is 255 g/mol. The third kappa shape index (κ3) is 2.31. The van der Waals surface area contributed by atoms with Crippen molar-refractivity contribution in [3.63, 3.8) is 0 Å². The molecule has 1 amide bonds. The molecule has 1 aliphatic carbocycles. The number of nitrogens with zero attached hydrogens (tertiary/aromatic N) is 1. The van der Waals surface area contributed by atoms with Gasteiger partial charge in [-0.25, -0.2) is 0 Å². The number of oxime groups is 1. The van der Waals surface area contributed by atoms with Crippen LogP contribution in [-0.2, 0) is 4.79 Å². The molecule has 0 saturated heterocycles. The Balaban J connectivity index is 2.53. The van der Waals surface area contributed by atoms with Crippen LogP contribution in [0.15, 0.2) is 5.16 Å². The van der Waals surface area contributed by atoms with Gasteiger partial charge in [0.2, 0.25) is 5.91 Å². The Kier molecular flexibility index (Phi) is 3.93. The molecule has 1 atom stereocenters. The van der Waals surface area contributed by atoms with Gasteiger partial charge in [-0.1, -0.05) is 39.8 Å². The highest BCUT2D eigenvalue weighted by molar-refractivity contribution is 6.01. The van der Waals surface area contributed by atoms with Crippen LogP contribution < -0.4 is 11.1 Å². The highest BCUT2D eigenvalue weighted by Crippen LogP contribution is 2.67. The van der Waals surface area contributed by atoms with Crippen LogP contribution in [0.5, 0.6) is 0 Å². The Bertz CT molecular complexity index is 347. The van der Waals surface area contributed by atoms with E-state index in [1.807, 2.05) is 6.92 Å². The average molecular weight is 255 g/mol. The van der Waals surface area contributed by atoms with Crippen molar-refractivity contribution in [1.29, 1.82) is 0 Å². The Morgan fingerprint density at radius 2 is 1.89 bits per heavy atom. The first-order valence-electron chi connectivity index (χ1n) is 6.45. The molecule has 0 bridgehead atoms. The summed E-state index contributed by atoms with van der Waals surface area (Å²) in [6.07, 6.45) is 0.527. The summed E-state index contributed by atoms with van der Waals surface area (Å²) in [5.74, 6) is -0.255. The number of carbonyl (C=O) groups is 1. The van der Waals surface area contributed by atoms with Gasteiger partial charge in [-0.05, 0) is 23.2 Å². The second kappa shape index (κ2) is 4.78. The predicted molar refractivity (Wildman–Crippen MR) is 71.3 cm³/mol. The molecule has 104 valence electrons. The zero-order valence-corrected chi connectivity index (χ0v) is 11.9. The molecule has 0 radical (unpaired) electrons. The maximum atomic E-state index is 11.9. The summed E-state index contributed by atoms with van der Waals surface area (Å²) >= 11 is 0. The number of amides is 1. The second-order valence-corrected chi connectivity index (χ2v) is 6.23. The zero-order valence-electron chi connectivity index (χ0n) is 11.9. The van der Waals surface area contributed by atoms with Crippen molar-refractivity contribution in [3.05, 3.63) is 0 Å². The van der Waals surface area contributed by atoms with Gasteiger partial charge in [-0.15, -0.1) is 0 Å². The average Bonchev–Trinajstić information content (AvgIpc) is 2.67. The molecular formula is C13H25N3O2. The summed E-state index contributed by atoms with van der Waals surface area (Å²) in [5.41, 5.74) is 5.99. The van der Waals surface area contributed by atoms with E-state index in [4.69, 9.17) is 10.9 Å². The van der Waals surface area contributed by atoms with E-state index in [0.29, 0.717) is 18.9 Å². The first kappa shape index (κ1) is 14.8. The number of rotatable bonds is 5. The number of carbonyl (C=O) groups excluding carboxylic acids is 1. The molecule has 1 rings (SSSR count). The van der Waals surface area contributed by atoms with E-state index in [9.17, 15) is 4.79 Å². The maximum absolute atomic E-state index is 11.9. The van der Waals surface area contributed by atoms with Gasteiger partial charge in [-0.2, -0.15) is 0 Å². The molecule has 18 heavy (non-hydrogen) atoms. The summed E-state index contributed by atoms with van der Waals surface area (Å²) in [7, 11) is 0. The van der Waals surface area contributed by atoms with Gasteiger partial charge in [0, 0.05) is 6.54 Å². The summed E-state index contributed by atoms with van der Waals surface area (Å²) < 4.78 is 0. The van der Waals surface area contributed by atoms with Gasteiger partial charge in [-0.3, -0.25) is 4.79 Å². The molecule has 1 fully saturated rings. The second-order valence-electron chi connectivity index (χ2n) is 6.23. The highest BCUT2D eigenvalue weighted by Gasteiger charge is 2.64. The smallest absolute Gasteiger partial charge is 0.230 e. The van der Waals surface area contributed by atoms with Gasteiger partial charge in [0.05, 0.1) is 5.92 Å². The molecule has 0 heterocycles. The molecular weight excluding hydrogens is 230 g/mol. The number of nitrogens with one attached hydrogen (secondary N) is 1. The van der Waals surface area contributed by atoms with Crippen LogP contribution in [-0.4, -0.2) is 23.5 Å². The third-order valence-corrected chi connectivity index (χ3v) is 5.00. The molecule has 5 nitrogen and oxygen atoms in total. The maximum Gasteiger partial charge on any atom is 0.230 e. The van der Waals surface area contributed by atoms with Gasteiger partial charge < -0.3 is 16.3 Å². The number of hydrogen-bond donors (Lipinski definition) is 3. The lowest BCUT2D eigenvalue weighted by atomic mass is 10.0. The molecule has 0 aromatic heterocycles. The standard InChI is InChI=1S/C13H25N3O2/c1-6-8(10(14)16-18)11(17)15-7-9-12(2,3)13(9,4)5/h8-9,18H,6-7H2,1-5H3,(H2,14,16)(H,15,17). The van der Waals surface area contributed by atoms with Crippen molar-refractivity contribution in [1.82, 2.24) is 5.32 Å². The Labute approximate surface area is 109 Å². The first-order valence-corrected chi connectivity index (χ1v) is 6.45. The van der Waals surface area contributed by atoms with E-state index in [2.05, 4.69) is 38.2 Å². The SMILES string of the molecule is CCC(C(=O)NCC1C(C)(C)C1(C)C)C(N)=NO. The number of nitrogens with two attached hydrogens (primary N) is 1. The van der Waals surface area contributed by atoms with Gasteiger partial charge in [0.1, 0.15) is 0 Å². The van der Waals surface area contributed by atoms with Crippen molar-refractivity contribution in [2.75, 3.05) is 6.54 Å². The van der Waals surface area contributed by atoms with Crippen molar-refractivity contribution in [2.45, 2.75) is 41.0 Å². The van der Waals surface area contributed by atoms with E-state index in [-0.39, 0.29) is 22.6 Å². The molecule has 0 aromatic rings. The number of hydrogen-bond acceptors (Lipinski definition) is 3. The Morgan fingerprint density at radius 1 is 1.39 bits per heavy atom. The van der Waals surface area contributed by atoms with E-state index in [1.54, 1.807) is 0 Å². The number of amidine groups is 1. The van der Waals surface area contributed by atoms with Crippen molar-refractivity contribution in [2.24, 2.45) is 33.6 Å². The van der Waals surface area contributed by atoms with Gasteiger partial charge in [0.25, 0.3) is 0 Å². The third-order valence-electron chi connectivity index (χ3n) is 5.00. The molecule has 1 saturated carbocycles. The summed E-state index contributed by atoms with van der Waals surface area (Å²) in [5, 5.41) is 14.4. The van der Waals surface area contributed by atoms with E-state index in [0.717, 1.165) is 0 Å². The van der Waals surface area contributed by atoms with Crippen molar-refractivity contribution in [3.8, 4) is 0 Å². The molecule has 1 aliphatic rings. The lowest BCUT2D eigenvalue weighted by Gasteiger charge is -2.14. The van der Waals surface area contributed by atoms with E-state index >= 15 is 0 Å². The predicted octanol–water partition coefficient (Wildman–Crippen LogP) is 1.56. The summed E-state index contributed by atoms with van der Waals surface area (Å²) in [6, 6.07) is 0. The van der Waals surface area contributed by atoms with Crippen LogP contribution in [0.2, 0.25) is 0 Å². The fraction of sp³-hybridized carbons (Fsp3) is 0.846. The van der Waals surface area contributed by atoms with Crippen LogP contribution in [0.1, 0.15) is 41.0 Å². The molecule has 0 spiro atoms. The molecule has 0 aliphatic heterocycles. The molecule has 1 unspecified atom stereocenters. The lowest BCUT2D eigenvalue weighted by molar-refractivity contribution is -0.123. The lowest BCUT2D eigenvalue weighted by Crippen LogP contribution is -2.39. The van der Waals surface area contributed by atoms with E-state index in [1.165, 1.54) is 0 Å². The Morgan fingerprint density at radius 3 is 2.22 bits per heavy atom. The van der Waals surface area contributed by atoms with Gasteiger partial charge >= 0.3 is 0 Å². The van der Waals surface area contributed by atoms with Crippen LogP contribution in [0.4, 0.5) is 0 Å². The van der Waals surface area contributed by atoms with Crippen LogP contribution in [0, 0.1) is 22.7 Å². The minimum Gasteiger partial charge on any atom is -0.409 e. The molecule has 0 aromatic carbocycles. The fourth-order valence-corrected chi connectivity index (χ4v) is 2.77. The minimum atomic E-state index is -0.542. The Hall–Kier alpha value is -1.26. The van der Waals surface area contributed by atoms with Gasteiger partial charge in [0.15, 0.2) is 5.84 Å². The summed E-state index contributed by atoms with van der Waals surface area (Å²) in [6.45, 7) is 11.3. The van der Waals surface area contributed by atoms with Crippen LogP contribution in [0.25, 0.3) is 0 Å². The topological polar surface area (TPSA) is 87.7 Å². The fourth-order valence-electron chi connectivity index (χ4n) is 2.77. The first-order chi connectivity index (χ1) is 8.20. The quantitative estimate of drug-likeness (QED) is 0.301. The van der Waals surface area contributed by atoms with Crippen molar-refractivity contribution < 1.29 is 10.0 Å². The normalized spacial score (nSPS) is 23.5. The zero-order chi connectivity index (χ0) is 14.1. The largest absolute Gasteiger partial charge is 0.409 e. The van der Waals surface area contributed by atoms with Crippen LogP contribution in [0.3, 0.4) is 0 Å². The minimum absolute atomic E-state index is 0.0238. The van der Waals surface area contributed by atoms with E-state index < -0.39 is 5.92 Å². The summed E-state index contributed by atoms with van der Waals surface area (Å²) in [4.78, 5) is 11.9. The van der Waals surface area contributed by atoms with Crippen LogP contribution >= 0.6 is 0 Å². The van der Waals surface area contributed by atoms with Crippen molar-refractivity contribution >= 4 is 11.7 Å². The molecule has 5 heteroatoms. The molecule has 4 N–H and O–H groups in total. The highest BCUT2D eigenvalue weighted by atomic mass is 16.4.